The van der Waals surface area contributed by atoms with Crippen LogP contribution in [0, 0.1) is 5.41 Å². The van der Waals surface area contributed by atoms with E-state index in [2.05, 4.69) is 12.2 Å². The summed E-state index contributed by atoms with van der Waals surface area (Å²) in [7, 11) is 0. The highest BCUT2D eigenvalue weighted by Crippen LogP contribution is 2.34. The summed E-state index contributed by atoms with van der Waals surface area (Å²) in [5.41, 5.74) is 0.0502. The molecular formula is C12H24N2O2. The number of rotatable bonds is 3. The van der Waals surface area contributed by atoms with Crippen molar-refractivity contribution in [2.24, 2.45) is 5.41 Å². The zero-order chi connectivity index (χ0) is 12.2. The second-order valence-electron chi connectivity index (χ2n) is 5.10. The number of aliphatic hydroxyl groups is 1. The van der Waals surface area contributed by atoms with Gasteiger partial charge in [0, 0.05) is 25.7 Å². The summed E-state index contributed by atoms with van der Waals surface area (Å²) in [5.74, 6) is 0. The Morgan fingerprint density at radius 1 is 1.44 bits per heavy atom. The molecule has 1 aliphatic rings. The topological polar surface area (TPSA) is 52.6 Å². The van der Waals surface area contributed by atoms with Gasteiger partial charge < -0.3 is 15.3 Å². The van der Waals surface area contributed by atoms with E-state index in [0.29, 0.717) is 0 Å². The maximum absolute atomic E-state index is 11.7. The maximum Gasteiger partial charge on any atom is 0.317 e. The van der Waals surface area contributed by atoms with E-state index in [-0.39, 0.29) is 24.1 Å². The third-order valence-corrected chi connectivity index (χ3v) is 3.61. The van der Waals surface area contributed by atoms with Gasteiger partial charge in [-0.1, -0.05) is 6.92 Å². The first kappa shape index (κ1) is 13.3. The summed E-state index contributed by atoms with van der Waals surface area (Å²) in [6.45, 7) is 7.79. The van der Waals surface area contributed by atoms with Crippen molar-refractivity contribution < 1.29 is 9.90 Å². The van der Waals surface area contributed by atoms with Crippen LogP contribution >= 0.6 is 0 Å². The number of nitrogens with one attached hydrogen (secondary N) is 1. The number of hydrogen-bond acceptors (Lipinski definition) is 2. The normalized spacial score (nSPS) is 19.9. The van der Waals surface area contributed by atoms with E-state index in [9.17, 15) is 9.90 Å². The lowest BCUT2D eigenvalue weighted by atomic mass is 9.77. The Morgan fingerprint density at radius 3 is 2.38 bits per heavy atom. The van der Waals surface area contributed by atoms with Crippen molar-refractivity contribution in [3.05, 3.63) is 0 Å². The number of amides is 2. The third-order valence-electron chi connectivity index (χ3n) is 3.61. The van der Waals surface area contributed by atoms with Gasteiger partial charge in [-0.25, -0.2) is 4.79 Å². The molecule has 1 heterocycles. The van der Waals surface area contributed by atoms with Crippen LogP contribution in [0.15, 0.2) is 0 Å². The molecule has 4 heteroatoms. The summed E-state index contributed by atoms with van der Waals surface area (Å²) in [6.07, 6.45) is 2.81. The quantitative estimate of drug-likeness (QED) is 0.770. The van der Waals surface area contributed by atoms with Crippen molar-refractivity contribution >= 4 is 6.03 Å². The molecule has 0 unspecified atom stereocenters. The molecule has 0 spiro atoms. The Kier molecular flexibility index (Phi) is 4.59. The van der Waals surface area contributed by atoms with Gasteiger partial charge >= 0.3 is 6.03 Å². The predicted molar refractivity (Wildman–Crippen MR) is 64.3 cm³/mol. The fraction of sp³-hybridized carbons (Fsp3) is 0.917. The minimum atomic E-state index is 0.0256. The molecule has 0 aromatic carbocycles. The van der Waals surface area contributed by atoms with Gasteiger partial charge in [0.2, 0.25) is 0 Å². The lowest BCUT2D eigenvalue weighted by Crippen LogP contribution is -2.49. The van der Waals surface area contributed by atoms with Gasteiger partial charge in [0.05, 0.1) is 0 Å². The molecule has 0 atom stereocenters. The van der Waals surface area contributed by atoms with Crippen molar-refractivity contribution in [3.8, 4) is 0 Å². The Hall–Kier alpha value is -0.770. The summed E-state index contributed by atoms with van der Waals surface area (Å²) in [6, 6.07) is 0.209. The fourth-order valence-electron chi connectivity index (χ4n) is 2.15. The van der Waals surface area contributed by atoms with Crippen LogP contribution < -0.4 is 5.32 Å². The van der Waals surface area contributed by atoms with E-state index in [1.807, 2.05) is 18.7 Å². The van der Waals surface area contributed by atoms with Crippen molar-refractivity contribution in [3.63, 3.8) is 0 Å². The van der Waals surface area contributed by atoms with Crippen LogP contribution in [0.25, 0.3) is 0 Å². The Morgan fingerprint density at radius 2 is 2.00 bits per heavy atom. The average Bonchev–Trinajstić information content (AvgIpc) is 2.28. The van der Waals surface area contributed by atoms with Crippen LogP contribution in [0.4, 0.5) is 4.79 Å². The van der Waals surface area contributed by atoms with Crippen LogP contribution in [-0.2, 0) is 0 Å². The molecule has 0 aliphatic carbocycles. The third kappa shape index (κ3) is 3.11. The number of aliphatic hydroxyl groups excluding tert-OH is 1. The van der Waals surface area contributed by atoms with Crippen molar-refractivity contribution in [1.29, 1.82) is 0 Å². The average molecular weight is 228 g/mol. The standard InChI is InChI=1S/C12H24N2O2/c1-4-12(9-15)5-7-14(8-6-12)11(16)13-10(2)3/h10,15H,4-9H2,1-3H3,(H,13,16). The highest BCUT2D eigenvalue weighted by atomic mass is 16.3. The minimum Gasteiger partial charge on any atom is -0.396 e. The van der Waals surface area contributed by atoms with E-state index in [4.69, 9.17) is 0 Å². The lowest BCUT2D eigenvalue weighted by Gasteiger charge is -2.40. The molecule has 16 heavy (non-hydrogen) atoms. The fourth-order valence-corrected chi connectivity index (χ4v) is 2.15. The van der Waals surface area contributed by atoms with E-state index in [1.54, 1.807) is 0 Å². The van der Waals surface area contributed by atoms with Crippen LogP contribution in [0.5, 0.6) is 0 Å². The molecule has 0 saturated carbocycles. The maximum atomic E-state index is 11.7. The monoisotopic (exact) mass is 228 g/mol. The van der Waals surface area contributed by atoms with Crippen molar-refractivity contribution in [2.45, 2.75) is 46.1 Å². The number of hydrogen-bond donors (Lipinski definition) is 2. The number of likely N-dealkylation sites (tertiary alicyclic amines) is 1. The first-order chi connectivity index (χ1) is 7.53. The van der Waals surface area contributed by atoms with Gasteiger partial charge in [-0.2, -0.15) is 0 Å². The second kappa shape index (κ2) is 5.53. The van der Waals surface area contributed by atoms with E-state index >= 15 is 0 Å². The molecule has 0 radical (unpaired) electrons. The van der Waals surface area contributed by atoms with Crippen molar-refractivity contribution in [2.75, 3.05) is 19.7 Å². The van der Waals surface area contributed by atoms with Gasteiger partial charge in [0.15, 0.2) is 0 Å². The Balaban J connectivity index is 2.45. The SMILES string of the molecule is CCC1(CO)CCN(C(=O)NC(C)C)CC1. The van der Waals surface area contributed by atoms with Gasteiger partial charge in [-0.3, -0.25) is 0 Å². The number of carbonyl (C=O) groups excluding carboxylic acids is 1. The van der Waals surface area contributed by atoms with Gasteiger partial charge in [0.1, 0.15) is 0 Å². The Labute approximate surface area is 98.0 Å². The van der Waals surface area contributed by atoms with E-state index in [1.165, 1.54) is 0 Å². The zero-order valence-electron chi connectivity index (χ0n) is 10.6. The summed E-state index contributed by atoms with van der Waals surface area (Å²) >= 11 is 0. The van der Waals surface area contributed by atoms with Crippen LogP contribution in [0.1, 0.15) is 40.0 Å². The number of nitrogens with zero attached hydrogens (tertiary/aromatic N) is 1. The molecule has 2 N–H and O–H groups in total. The largest absolute Gasteiger partial charge is 0.396 e. The first-order valence-electron chi connectivity index (χ1n) is 6.19. The minimum absolute atomic E-state index is 0.0256. The highest BCUT2D eigenvalue weighted by molar-refractivity contribution is 5.74. The molecule has 0 aromatic heterocycles. The number of piperidine rings is 1. The molecule has 1 rings (SSSR count). The second-order valence-corrected chi connectivity index (χ2v) is 5.10. The molecule has 1 fully saturated rings. The molecule has 94 valence electrons. The van der Waals surface area contributed by atoms with Gasteiger partial charge in [0.25, 0.3) is 0 Å². The molecule has 0 aromatic rings. The van der Waals surface area contributed by atoms with E-state index in [0.717, 1.165) is 32.4 Å². The molecule has 1 saturated heterocycles. The van der Waals surface area contributed by atoms with Gasteiger partial charge in [-0.15, -0.1) is 0 Å². The Bertz CT molecular complexity index is 227. The molecule has 0 bridgehead atoms. The number of carbonyl (C=O) groups is 1. The summed E-state index contributed by atoms with van der Waals surface area (Å²) < 4.78 is 0. The van der Waals surface area contributed by atoms with E-state index < -0.39 is 0 Å². The van der Waals surface area contributed by atoms with Crippen molar-refractivity contribution in [1.82, 2.24) is 10.2 Å². The molecular weight excluding hydrogens is 204 g/mol. The summed E-state index contributed by atoms with van der Waals surface area (Å²) in [5, 5.41) is 12.3. The molecule has 2 amide bonds. The highest BCUT2D eigenvalue weighted by Gasteiger charge is 2.33. The van der Waals surface area contributed by atoms with Gasteiger partial charge in [-0.05, 0) is 38.5 Å². The first-order valence-corrected chi connectivity index (χ1v) is 6.19. The van der Waals surface area contributed by atoms with Crippen LogP contribution in [0.3, 0.4) is 0 Å². The number of urea groups is 1. The molecule has 1 aliphatic heterocycles. The smallest absolute Gasteiger partial charge is 0.317 e. The lowest BCUT2D eigenvalue weighted by molar-refractivity contribution is 0.0517. The van der Waals surface area contributed by atoms with Crippen LogP contribution in [0.2, 0.25) is 0 Å². The predicted octanol–water partition coefficient (Wildman–Crippen LogP) is 1.59. The summed E-state index contributed by atoms with van der Waals surface area (Å²) in [4.78, 5) is 13.6. The zero-order valence-corrected chi connectivity index (χ0v) is 10.6. The van der Waals surface area contributed by atoms with Crippen LogP contribution in [-0.4, -0.2) is 41.8 Å². The molecule has 4 nitrogen and oxygen atoms in total.